The maximum atomic E-state index is 4.22. The summed E-state index contributed by atoms with van der Waals surface area (Å²) in [7, 11) is 0. The fourth-order valence-electron chi connectivity index (χ4n) is 4.04. The molecular formula is C27H34N2. The molecule has 2 aromatic rings. The Labute approximate surface area is 176 Å². The molecule has 1 aliphatic rings. The van der Waals surface area contributed by atoms with E-state index >= 15 is 0 Å². The van der Waals surface area contributed by atoms with Crippen LogP contribution in [0.3, 0.4) is 0 Å². The maximum absolute atomic E-state index is 4.22. The molecule has 0 bridgehead atoms. The van der Waals surface area contributed by atoms with Gasteiger partial charge in [0.05, 0.1) is 12.4 Å². The standard InChI is InChI=1S/C27H34N2/c1-3-4-5-6-7-23-10-12-24(13-11-23)20-28-29-21-25-14-18-27(19-15-25)26-16-8-22(2)9-17-26/h3,10-15,18-22,26H,1,4-9,16-17H2,2H3. The van der Waals surface area contributed by atoms with Crippen LogP contribution >= 0.6 is 0 Å². The zero-order chi connectivity index (χ0) is 20.3. The van der Waals surface area contributed by atoms with Gasteiger partial charge in [-0.25, -0.2) is 0 Å². The minimum atomic E-state index is 0.736. The first-order valence-electron chi connectivity index (χ1n) is 11.1. The van der Waals surface area contributed by atoms with Crippen LogP contribution in [0.4, 0.5) is 0 Å². The smallest absolute Gasteiger partial charge is 0.0568 e. The molecule has 1 saturated carbocycles. The molecule has 0 radical (unpaired) electrons. The molecule has 2 nitrogen and oxygen atoms in total. The predicted octanol–water partition coefficient (Wildman–Crippen LogP) is 7.33. The Kier molecular flexibility index (Phi) is 8.42. The molecule has 0 amide bonds. The van der Waals surface area contributed by atoms with E-state index in [0.29, 0.717) is 0 Å². The molecule has 0 atom stereocenters. The normalized spacial score (nSPS) is 19.8. The van der Waals surface area contributed by atoms with Crippen molar-refractivity contribution < 1.29 is 0 Å². The van der Waals surface area contributed by atoms with E-state index in [9.17, 15) is 0 Å². The zero-order valence-electron chi connectivity index (χ0n) is 17.8. The number of hydrogen-bond donors (Lipinski definition) is 0. The number of aryl methyl sites for hydroxylation is 1. The summed E-state index contributed by atoms with van der Waals surface area (Å²) in [5, 5.41) is 8.42. The molecule has 2 heteroatoms. The summed E-state index contributed by atoms with van der Waals surface area (Å²) in [5.41, 5.74) is 5.04. The van der Waals surface area contributed by atoms with E-state index in [0.717, 1.165) is 35.8 Å². The van der Waals surface area contributed by atoms with E-state index < -0.39 is 0 Å². The molecule has 0 saturated heterocycles. The Hall–Kier alpha value is -2.48. The van der Waals surface area contributed by atoms with Crippen LogP contribution in [0, 0.1) is 5.92 Å². The number of benzene rings is 2. The third-order valence-corrected chi connectivity index (χ3v) is 6.01. The number of hydrogen-bond acceptors (Lipinski definition) is 2. The first-order chi connectivity index (χ1) is 14.2. The van der Waals surface area contributed by atoms with Crippen LogP contribution in [0.25, 0.3) is 0 Å². The molecule has 29 heavy (non-hydrogen) atoms. The maximum Gasteiger partial charge on any atom is 0.0568 e. The van der Waals surface area contributed by atoms with Crippen molar-refractivity contribution in [3.05, 3.63) is 83.4 Å². The van der Waals surface area contributed by atoms with E-state index in [1.807, 2.05) is 18.5 Å². The first-order valence-corrected chi connectivity index (χ1v) is 11.1. The van der Waals surface area contributed by atoms with Gasteiger partial charge in [-0.3, -0.25) is 0 Å². The minimum Gasteiger partial charge on any atom is -0.159 e. The summed E-state index contributed by atoms with van der Waals surface area (Å²) < 4.78 is 0. The minimum absolute atomic E-state index is 0.736. The summed E-state index contributed by atoms with van der Waals surface area (Å²) in [5.74, 6) is 1.63. The van der Waals surface area contributed by atoms with Gasteiger partial charge in [0.1, 0.15) is 0 Å². The van der Waals surface area contributed by atoms with Crippen LogP contribution in [0.2, 0.25) is 0 Å². The second-order valence-corrected chi connectivity index (χ2v) is 8.39. The van der Waals surface area contributed by atoms with E-state index in [1.165, 1.54) is 49.7 Å². The van der Waals surface area contributed by atoms with E-state index in [1.54, 1.807) is 0 Å². The van der Waals surface area contributed by atoms with Gasteiger partial charge in [-0.1, -0.05) is 74.4 Å². The van der Waals surface area contributed by atoms with Crippen molar-refractivity contribution in [3.63, 3.8) is 0 Å². The van der Waals surface area contributed by atoms with Crippen molar-refractivity contribution >= 4 is 12.4 Å². The van der Waals surface area contributed by atoms with Crippen molar-refractivity contribution in [2.24, 2.45) is 16.1 Å². The molecule has 0 aliphatic heterocycles. The lowest BCUT2D eigenvalue weighted by Gasteiger charge is -2.26. The van der Waals surface area contributed by atoms with Gasteiger partial charge in [-0.15, -0.1) is 6.58 Å². The molecule has 3 rings (SSSR count). The first kappa shape index (κ1) is 21.2. The highest BCUT2D eigenvalue weighted by molar-refractivity contribution is 5.82. The summed E-state index contributed by atoms with van der Waals surface area (Å²) in [6, 6.07) is 17.4. The average molecular weight is 387 g/mol. The van der Waals surface area contributed by atoms with Crippen molar-refractivity contribution in [2.75, 3.05) is 0 Å². The Bertz CT molecular complexity index is 791. The molecular weight excluding hydrogens is 352 g/mol. The lowest BCUT2D eigenvalue weighted by atomic mass is 9.79. The molecule has 0 aromatic heterocycles. The highest BCUT2D eigenvalue weighted by atomic mass is 15.2. The van der Waals surface area contributed by atoms with Crippen LogP contribution in [0.1, 0.15) is 80.0 Å². The zero-order valence-corrected chi connectivity index (χ0v) is 17.8. The lowest BCUT2D eigenvalue weighted by molar-refractivity contribution is 0.348. The van der Waals surface area contributed by atoms with Crippen molar-refractivity contribution in [2.45, 2.75) is 64.2 Å². The van der Waals surface area contributed by atoms with E-state index in [4.69, 9.17) is 0 Å². The van der Waals surface area contributed by atoms with Crippen molar-refractivity contribution in [3.8, 4) is 0 Å². The predicted molar refractivity (Wildman–Crippen MR) is 126 cm³/mol. The summed E-state index contributed by atoms with van der Waals surface area (Å²) in [6.07, 6.45) is 15.7. The number of unbranched alkanes of at least 4 members (excludes halogenated alkanes) is 2. The van der Waals surface area contributed by atoms with Crippen LogP contribution in [-0.4, -0.2) is 12.4 Å². The number of nitrogens with zero attached hydrogens (tertiary/aromatic N) is 2. The van der Waals surface area contributed by atoms with Gasteiger partial charge in [0.15, 0.2) is 0 Å². The molecule has 0 N–H and O–H groups in total. The summed E-state index contributed by atoms with van der Waals surface area (Å²) in [4.78, 5) is 0. The number of allylic oxidation sites excluding steroid dienone is 1. The Balaban J connectivity index is 1.46. The van der Waals surface area contributed by atoms with E-state index in [2.05, 4.69) is 72.2 Å². The highest BCUT2D eigenvalue weighted by Crippen LogP contribution is 2.35. The molecule has 0 spiro atoms. The van der Waals surface area contributed by atoms with Gasteiger partial charge in [0, 0.05) is 0 Å². The van der Waals surface area contributed by atoms with Crippen molar-refractivity contribution in [1.82, 2.24) is 0 Å². The molecule has 0 unspecified atom stereocenters. The fraction of sp³-hybridized carbons (Fsp3) is 0.407. The number of rotatable bonds is 9. The van der Waals surface area contributed by atoms with Gasteiger partial charge in [0.25, 0.3) is 0 Å². The van der Waals surface area contributed by atoms with Gasteiger partial charge in [-0.05, 0) is 72.6 Å². The molecule has 1 fully saturated rings. The van der Waals surface area contributed by atoms with E-state index in [-0.39, 0.29) is 0 Å². The quantitative estimate of drug-likeness (QED) is 0.186. The highest BCUT2D eigenvalue weighted by Gasteiger charge is 2.19. The topological polar surface area (TPSA) is 24.7 Å². The fourth-order valence-corrected chi connectivity index (χ4v) is 4.04. The second kappa shape index (κ2) is 11.5. The summed E-state index contributed by atoms with van der Waals surface area (Å²) >= 11 is 0. The molecule has 152 valence electrons. The van der Waals surface area contributed by atoms with Crippen LogP contribution in [-0.2, 0) is 6.42 Å². The largest absolute Gasteiger partial charge is 0.159 e. The van der Waals surface area contributed by atoms with Crippen LogP contribution < -0.4 is 0 Å². The Morgan fingerprint density at radius 3 is 2.00 bits per heavy atom. The SMILES string of the molecule is C=CCCCCc1ccc(C=NN=Cc2ccc(C3CCC(C)CC3)cc2)cc1. The Morgan fingerprint density at radius 1 is 0.828 bits per heavy atom. The van der Waals surface area contributed by atoms with Crippen molar-refractivity contribution in [1.29, 1.82) is 0 Å². The third kappa shape index (κ3) is 7.12. The average Bonchev–Trinajstić information content (AvgIpc) is 2.76. The van der Waals surface area contributed by atoms with Gasteiger partial charge >= 0.3 is 0 Å². The second-order valence-electron chi connectivity index (χ2n) is 8.39. The molecule has 0 heterocycles. The van der Waals surface area contributed by atoms with Gasteiger partial charge in [0.2, 0.25) is 0 Å². The van der Waals surface area contributed by atoms with Crippen LogP contribution in [0.15, 0.2) is 71.4 Å². The van der Waals surface area contributed by atoms with Gasteiger partial charge in [-0.2, -0.15) is 10.2 Å². The lowest BCUT2D eigenvalue weighted by Crippen LogP contribution is -2.10. The Morgan fingerprint density at radius 2 is 1.41 bits per heavy atom. The summed E-state index contributed by atoms with van der Waals surface area (Å²) in [6.45, 7) is 6.14. The third-order valence-electron chi connectivity index (χ3n) is 6.01. The van der Waals surface area contributed by atoms with Gasteiger partial charge < -0.3 is 0 Å². The molecule has 2 aromatic carbocycles. The monoisotopic (exact) mass is 386 g/mol. The van der Waals surface area contributed by atoms with Crippen LogP contribution in [0.5, 0.6) is 0 Å². The molecule has 1 aliphatic carbocycles.